The van der Waals surface area contributed by atoms with Crippen LogP contribution in [0.25, 0.3) is 0 Å². The summed E-state index contributed by atoms with van der Waals surface area (Å²) in [6, 6.07) is 3.61. The van der Waals surface area contributed by atoms with Gasteiger partial charge in [-0.05, 0) is 74.8 Å². The van der Waals surface area contributed by atoms with Crippen molar-refractivity contribution in [2.24, 2.45) is 5.92 Å². The van der Waals surface area contributed by atoms with Gasteiger partial charge in [-0.15, -0.1) is 0 Å². The third-order valence-electron chi connectivity index (χ3n) is 5.91. The fourth-order valence-corrected chi connectivity index (χ4v) is 4.30. The highest BCUT2D eigenvalue weighted by molar-refractivity contribution is 5.65. The Kier molecular flexibility index (Phi) is 6.07. The summed E-state index contributed by atoms with van der Waals surface area (Å²) in [5.74, 6) is 1.53. The molecule has 0 amide bonds. The van der Waals surface area contributed by atoms with Crippen LogP contribution in [0.1, 0.15) is 62.8 Å². The molecule has 0 unspecified atom stereocenters. The van der Waals surface area contributed by atoms with Gasteiger partial charge >= 0.3 is 0 Å². The zero-order valence-corrected chi connectivity index (χ0v) is 15.1. The first-order valence-electron chi connectivity index (χ1n) is 9.53. The molecule has 5 heteroatoms. The summed E-state index contributed by atoms with van der Waals surface area (Å²) >= 11 is 0. The number of aromatic hydroxyl groups is 1. The minimum atomic E-state index is -0.122. The smallest absolute Gasteiger partial charge is 0.183 e. The van der Waals surface area contributed by atoms with E-state index in [-0.39, 0.29) is 11.9 Å². The maximum absolute atomic E-state index is 9.83. The van der Waals surface area contributed by atoms with Gasteiger partial charge in [0.1, 0.15) is 0 Å². The molecule has 3 rings (SSSR count). The van der Waals surface area contributed by atoms with Crippen LogP contribution in [0.3, 0.4) is 0 Å². The van der Waals surface area contributed by atoms with E-state index in [4.69, 9.17) is 15.2 Å². The zero-order chi connectivity index (χ0) is 17.8. The van der Waals surface area contributed by atoms with Gasteiger partial charge in [0.2, 0.25) is 0 Å². The van der Waals surface area contributed by atoms with Crippen molar-refractivity contribution in [2.75, 3.05) is 19.5 Å². The molecule has 0 radical (unpaired) electrons. The lowest BCUT2D eigenvalue weighted by atomic mass is 9.78. The Hall–Kier alpha value is -1.46. The normalized spacial score (nSPS) is 30.2. The van der Waals surface area contributed by atoms with Crippen LogP contribution < -0.4 is 10.5 Å². The molecule has 1 aromatic carbocycles. The minimum Gasteiger partial charge on any atom is -0.504 e. The van der Waals surface area contributed by atoms with Crippen LogP contribution in [0.4, 0.5) is 5.69 Å². The molecule has 25 heavy (non-hydrogen) atoms. The Morgan fingerprint density at radius 1 is 1.04 bits per heavy atom. The second-order valence-corrected chi connectivity index (χ2v) is 7.60. The topological polar surface area (TPSA) is 84.9 Å². The Bertz CT molecular complexity index is 561. The van der Waals surface area contributed by atoms with Crippen molar-refractivity contribution in [3.05, 3.63) is 17.7 Å². The summed E-state index contributed by atoms with van der Waals surface area (Å²) < 4.78 is 11.3. The predicted molar refractivity (Wildman–Crippen MR) is 98.0 cm³/mol. The van der Waals surface area contributed by atoms with Crippen LogP contribution in [-0.2, 0) is 4.74 Å². The molecule has 2 aliphatic carbocycles. The highest BCUT2D eigenvalue weighted by Crippen LogP contribution is 2.43. The quantitative estimate of drug-likeness (QED) is 0.708. The number of aliphatic hydroxyl groups is 1. The largest absolute Gasteiger partial charge is 0.504 e. The summed E-state index contributed by atoms with van der Waals surface area (Å²) in [5, 5.41) is 19.4. The molecule has 2 fully saturated rings. The minimum absolute atomic E-state index is 0.100. The summed E-state index contributed by atoms with van der Waals surface area (Å²) in [6.45, 7) is 0.835. The molecule has 0 aliphatic heterocycles. The number of nitrogen functional groups attached to an aromatic ring is 1. The molecule has 0 saturated heterocycles. The summed E-state index contributed by atoms with van der Waals surface area (Å²) in [4.78, 5) is 0. The number of rotatable bonds is 5. The first-order valence-corrected chi connectivity index (χ1v) is 9.53. The van der Waals surface area contributed by atoms with Crippen molar-refractivity contribution in [2.45, 2.75) is 69.5 Å². The molecule has 4 N–H and O–H groups in total. The fraction of sp³-hybridized carbons (Fsp3) is 0.700. The van der Waals surface area contributed by atoms with E-state index < -0.39 is 0 Å². The molecule has 0 bridgehead atoms. The maximum Gasteiger partial charge on any atom is 0.183 e. The highest BCUT2D eigenvalue weighted by atomic mass is 16.5. The predicted octanol–water partition coefficient (Wildman–Crippen LogP) is 3.58. The molecule has 0 heterocycles. The molecule has 0 atom stereocenters. The Morgan fingerprint density at radius 3 is 2.36 bits per heavy atom. The van der Waals surface area contributed by atoms with Crippen LogP contribution in [0, 0.1) is 5.92 Å². The standard InChI is InChI=1S/C20H31NO4/c1-24-20-18(23)11-10-17(19(20)21)14-4-2-13(3-5-14)12-25-16-8-6-15(22)7-9-16/h10-11,13-16,22-23H,2-9,12,21H2,1H3. The van der Waals surface area contributed by atoms with E-state index in [9.17, 15) is 10.2 Å². The van der Waals surface area contributed by atoms with Crippen molar-refractivity contribution < 1.29 is 19.7 Å². The van der Waals surface area contributed by atoms with Gasteiger partial charge in [0.25, 0.3) is 0 Å². The summed E-state index contributed by atoms with van der Waals surface area (Å²) in [6.07, 6.45) is 8.40. The van der Waals surface area contributed by atoms with Crippen molar-refractivity contribution in [1.29, 1.82) is 0 Å². The molecule has 2 aliphatic rings. The number of phenolic OH excluding ortho intramolecular Hbond substituents is 1. The van der Waals surface area contributed by atoms with Crippen molar-refractivity contribution in [3.63, 3.8) is 0 Å². The number of methoxy groups -OCH3 is 1. The van der Waals surface area contributed by atoms with Gasteiger partial charge < -0.3 is 25.4 Å². The number of aliphatic hydroxyl groups excluding tert-OH is 1. The van der Waals surface area contributed by atoms with Crippen molar-refractivity contribution in [1.82, 2.24) is 0 Å². The number of hydrogen-bond acceptors (Lipinski definition) is 5. The molecule has 0 aromatic heterocycles. The van der Waals surface area contributed by atoms with Crippen molar-refractivity contribution >= 4 is 5.69 Å². The maximum atomic E-state index is 9.83. The first-order chi connectivity index (χ1) is 12.1. The second kappa shape index (κ2) is 8.28. The van der Waals surface area contributed by atoms with E-state index in [0.717, 1.165) is 63.5 Å². The number of phenols is 1. The average molecular weight is 349 g/mol. The number of hydrogen-bond donors (Lipinski definition) is 3. The van der Waals surface area contributed by atoms with Gasteiger partial charge in [0.15, 0.2) is 11.5 Å². The molecule has 2 saturated carbocycles. The molecule has 5 nitrogen and oxygen atoms in total. The lowest BCUT2D eigenvalue weighted by Crippen LogP contribution is -2.27. The van der Waals surface area contributed by atoms with Gasteiger partial charge in [-0.25, -0.2) is 0 Å². The van der Waals surface area contributed by atoms with Crippen LogP contribution in [0.5, 0.6) is 11.5 Å². The van der Waals surface area contributed by atoms with E-state index in [2.05, 4.69) is 0 Å². The number of benzene rings is 1. The van der Waals surface area contributed by atoms with Crippen LogP contribution in [-0.4, -0.2) is 36.1 Å². The Morgan fingerprint density at radius 2 is 1.72 bits per heavy atom. The molecule has 0 spiro atoms. The third-order valence-corrected chi connectivity index (χ3v) is 5.91. The molecule has 1 aromatic rings. The Labute approximate surface area is 150 Å². The first kappa shape index (κ1) is 18.3. The zero-order valence-electron chi connectivity index (χ0n) is 15.1. The SMILES string of the molecule is COc1c(O)ccc(C2CCC(COC3CCC(O)CC3)CC2)c1N. The number of ether oxygens (including phenoxy) is 2. The monoisotopic (exact) mass is 349 g/mol. The average Bonchev–Trinajstić information content (AvgIpc) is 2.62. The molecular weight excluding hydrogens is 318 g/mol. The highest BCUT2D eigenvalue weighted by Gasteiger charge is 2.27. The lowest BCUT2D eigenvalue weighted by molar-refractivity contribution is -0.0226. The van der Waals surface area contributed by atoms with Gasteiger partial charge in [-0.2, -0.15) is 0 Å². The van der Waals surface area contributed by atoms with Crippen LogP contribution in [0.15, 0.2) is 12.1 Å². The van der Waals surface area contributed by atoms with Crippen molar-refractivity contribution in [3.8, 4) is 11.5 Å². The lowest BCUT2D eigenvalue weighted by Gasteiger charge is -2.32. The van der Waals surface area contributed by atoms with E-state index in [1.54, 1.807) is 6.07 Å². The number of nitrogens with two attached hydrogens (primary N) is 1. The van der Waals surface area contributed by atoms with Gasteiger partial charge in [0.05, 0.1) is 25.0 Å². The molecule has 140 valence electrons. The van der Waals surface area contributed by atoms with Gasteiger partial charge in [0, 0.05) is 6.61 Å². The van der Waals surface area contributed by atoms with E-state index in [1.807, 2.05) is 6.07 Å². The molecular formula is C20H31NO4. The fourth-order valence-electron chi connectivity index (χ4n) is 4.30. The van der Waals surface area contributed by atoms with Crippen LogP contribution in [0.2, 0.25) is 0 Å². The number of anilines is 1. The second-order valence-electron chi connectivity index (χ2n) is 7.60. The van der Waals surface area contributed by atoms with Gasteiger partial charge in [-0.1, -0.05) is 6.07 Å². The third kappa shape index (κ3) is 4.39. The van der Waals surface area contributed by atoms with E-state index >= 15 is 0 Å². The van der Waals surface area contributed by atoms with E-state index in [0.29, 0.717) is 29.4 Å². The van der Waals surface area contributed by atoms with E-state index in [1.165, 1.54) is 7.11 Å². The summed E-state index contributed by atoms with van der Waals surface area (Å²) in [7, 11) is 1.54. The Balaban J connectivity index is 1.49. The van der Waals surface area contributed by atoms with Crippen LogP contribution >= 0.6 is 0 Å². The summed E-state index contributed by atoms with van der Waals surface area (Å²) in [5.41, 5.74) is 7.86. The van der Waals surface area contributed by atoms with Gasteiger partial charge in [-0.3, -0.25) is 0 Å².